The normalized spacial score (nSPS) is 10.4. The van der Waals surface area contributed by atoms with E-state index in [0.29, 0.717) is 6.61 Å². The summed E-state index contributed by atoms with van der Waals surface area (Å²) in [6.07, 6.45) is 0.281. The first-order valence-electron chi connectivity index (χ1n) is 7.93. The van der Waals surface area contributed by atoms with Gasteiger partial charge >= 0.3 is 11.9 Å². The van der Waals surface area contributed by atoms with E-state index in [9.17, 15) is 29.8 Å². The Balaban J connectivity index is 2.48. The van der Waals surface area contributed by atoms with E-state index in [1.807, 2.05) is 13.8 Å². The smallest absolute Gasteiger partial charge is 0.306 e. The highest BCUT2D eigenvalue weighted by atomic mass is 16.6. The number of ether oxygens (including phenoxy) is 2. The maximum atomic E-state index is 11.7. The molecule has 0 heterocycles. The minimum absolute atomic E-state index is 0.0339. The highest BCUT2D eigenvalue weighted by Crippen LogP contribution is 2.23. The third kappa shape index (κ3) is 7.69. The van der Waals surface area contributed by atoms with Crippen molar-refractivity contribution in [2.75, 3.05) is 6.61 Å². The van der Waals surface area contributed by atoms with Crippen molar-refractivity contribution >= 4 is 23.3 Å². The molecule has 1 aromatic rings. The van der Waals surface area contributed by atoms with Crippen molar-refractivity contribution in [1.82, 2.24) is 0 Å². The van der Waals surface area contributed by atoms with Crippen molar-refractivity contribution in [3.05, 3.63) is 44.0 Å². The Hall–Kier alpha value is -3.04. The highest BCUT2D eigenvalue weighted by molar-refractivity contribution is 5.72. The van der Waals surface area contributed by atoms with Crippen LogP contribution in [0.5, 0.6) is 0 Å². The average Bonchev–Trinajstić information content (AvgIpc) is 2.57. The van der Waals surface area contributed by atoms with Crippen LogP contribution in [0.2, 0.25) is 0 Å². The number of esters is 2. The molecule has 0 saturated carbocycles. The Bertz CT molecular complexity index is 655. The van der Waals surface area contributed by atoms with E-state index >= 15 is 0 Å². The van der Waals surface area contributed by atoms with Crippen LogP contribution in [-0.2, 0) is 25.7 Å². The van der Waals surface area contributed by atoms with Crippen LogP contribution >= 0.6 is 0 Å². The van der Waals surface area contributed by atoms with E-state index in [1.54, 1.807) is 0 Å². The average molecular weight is 368 g/mol. The van der Waals surface area contributed by atoms with E-state index in [1.165, 1.54) is 0 Å². The summed E-state index contributed by atoms with van der Waals surface area (Å²) < 4.78 is 9.91. The van der Waals surface area contributed by atoms with Gasteiger partial charge in [0.25, 0.3) is 11.4 Å². The van der Waals surface area contributed by atoms with Crippen LogP contribution in [0.4, 0.5) is 11.4 Å². The molecular formula is C16H20N2O8. The molecule has 0 spiro atoms. The van der Waals surface area contributed by atoms with E-state index < -0.39 is 33.2 Å². The molecule has 0 bridgehead atoms. The predicted octanol–water partition coefficient (Wildman–Crippen LogP) is 2.92. The van der Waals surface area contributed by atoms with Crippen LogP contribution < -0.4 is 0 Å². The topological polar surface area (TPSA) is 139 Å². The molecule has 1 aromatic carbocycles. The SMILES string of the molecule is CC(C)COC(=O)CCCC(=O)OCc1cc([N+](=O)[O-])cc([N+](=O)[O-])c1. The van der Waals surface area contributed by atoms with Gasteiger partial charge in [-0.25, -0.2) is 0 Å². The standard InChI is InChI=1S/C16H20N2O8/c1-11(2)9-25-15(19)4-3-5-16(20)26-10-12-6-13(17(21)22)8-14(7-12)18(23)24/h6-8,11H,3-5,9-10H2,1-2H3. The quantitative estimate of drug-likeness (QED) is 0.349. The van der Waals surface area contributed by atoms with Crippen LogP contribution in [0.3, 0.4) is 0 Å². The Morgan fingerprint density at radius 3 is 1.92 bits per heavy atom. The first kappa shape index (κ1) is 21.0. The zero-order valence-electron chi connectivity index (χ0n) is 14.5. The van der Waals surface area contributed by atoms with Crippen molar-refractivity contribution in [3.63, 3.8) is 0 Å². The number of nitro groups is 2. The Kier molecular flexibility index (Phi) is 8.13. The lowest BCUT2D eigenvalue weighted by atomic mass is 10.2. The summed E-state index contributed by atoms with van der Waals surface area (Å²) in [7, 11) is 0. The zero-order valence-corrected chi connectivity index (χ0v) is 14.5. The molecule has 0 amide bonds. The maximum Gasteiger partial charge on any atom is 0.306 e. The van der Waals surface area contributed by atoms with Crippen molar-refractivity contribution in [3.8, 4) is 0 Å². The van der Waals surface area contributed by atoms with Crippen LogP contribution in [0.15, 0.2) is 18.2 Å². The second-order valence-corrected chi connectivity index (χ2v) is 5.96. The summed E-state index contributed by atoms with van der Waals surface area (Å²) >= 11 is 0. The van der Waals surface area contributed by atoms with Crippen LogP contribution in [0.25, 0.3) is 0 Å². The van der Waals surface area contributed by atoms with Gasteiger partial charge in [-0.3, -0.25) is 29.8 Å². The third-order valence-electron chi connectivity index (χ3n) is 3.12. The highest BCUT2D eigenvalue weighted by Gasteiger charge is 2.17. The van der Waals surface area contributed by atoms with Gasteiger partial charge in [-0.2, -0.15) is 0 Å². The number of rotatable bonds is 10. The minimum atomic E-state index is -0.763. The number of non-ortho nitro benzene ring substituents is 2. The van der Waals surface area contributed by atoms with Gasteiger partial charge < -0.3 is 9.47 Å². The van der Waals surface area contributed by atoms with Gasteiger partial charge in [-0.1, -0.05) is 13.8 Å². The third-order valence-corrected chi connectivity index (χ3v) is 3.12. The van der Waals surface area contributed by atoms with E-state index in [2.05, 4.69) is 0 Å². The lowest BCUT2D eigenvalue weighted by Gasteiger charge is -2.07. The second kappa shape index (κ2) is 10.1. The molecule has 1 rings (SSSR count). The molecule has 10 nitrogen and oxygen atoms in total. The van der Waals surface area contributed by atoms with Crippen LogP contribution in [0, 0.1) is 26.1 Å². The molecule has 0 aromatic heterocycles. The molecular weight excluding hydrogens is 348 g/mol. The molecule has 0 fully saturated rings. The van der Waals surface area contributed by atoms with Crippen molar-refractivity contribution in [2.45, 2.75) is 39.7 Å². The Morgan fingerprint density at radius 2 is 1.46 bits per heavy atom. The molecule has 10 heteroatoms. The van der Waals surface area contributed by atoms with Crippen molar-refractivity contribution in [2.24, 2.45) is 5.92 Å². The number of benzene rings is 1. The van der Waals surface area contributed by atoms with Gasteiger partial charge in [-0.05, 0) is 12.3 Å². The monoisotopic (exact) mass is 368 g/mol. The summed E-state index contributed by atoms with van der Waals surface area (Å²) in [5.74, 6) is -0.792. The summed E-state index contributed by atoms with van der Waals surface area (Å²) in [5, 5.41) is 21.6. The number of carbonyl (C=O) groups is 2. The van der Waals surface area contributed by atoms with E-state index in [0.717, 1.165) is 18.2 Å². The zero-order chi connectivity index (χ0) is 19.7. The maximum absolute atomic E-state index is 11.7. The molecule has 0 aliphatic rings. The summed E-state index contributed by atoms with van der Waals surface area (Å²) in [4.78, 5) is 43.1. The van der Waals surface area contributed by atoms with Gasteiger partial charge in [0.05, 0.1) is 22.5 Å². The number of hydrogen-bond acceptors (Lipinski definition) is 8. The molecule has 26 heavy (non-hydrogen) atoms. The van der Waals surface area contributed by atoms with Gasteiger partial charge in [0, 0.05) is 30.5 Å². The Morgan fingerprint density at radius 1 is 0.962 bits per heavy atom. The van der Waals surface area contributed by atoms with Gasteiger partial charge in [-0.15, -0.1) is 0 Å². The molecule has 0 unspecified atom stereocenters. The fourth-order valence-electron chi connectivity index (χ4n) is 1.90. The number of nitro benzene ring substituents is 2. The van der Waals surface area contributed by atoms with Crippen molar-refractivity contribution < 1.29 is 28.9 Å². The molecule has 0 atom stereocenters. The number of nitrogens with zero attached hydrogens (tertiary/aromatic N) is 2. The summed E-state index contributed by atoms with van der Waals surface area (Å²) in [5.41, 5.74) is -0.785. The minimum Gasteiger partial charge on any atom is -0.465 e. The second-order valence-electron chi connectivity index (χ2n) is 5.96. The van der Waals surface area contributed by atoms with Gasteiger partial charge in [0.2, 0.25) is 0 Å². The number of carbonyl (C=O) groups excluding carboxylic acids is 2. The van der Waals surface area contributed by atoms with Crippen LogP contribution in [0.1, 0.15) is 38.7 Å². The fraction of sp³-hybridized carbons (Fsp3) is 0.500. The molecule has 0 aliphatic heterocycles. The van der Waals surface area contributed by atoms with E-state index in [4.69, 9.17) is 9.47 Å². The molecule has 0 aliphatic carbocycles. The predicted molar refractivity (Wildman–Crippen MR) is 89.2 cm³/mol. The fourth-order valence-corrected chi connectivity index (χ4v) is 1.90. The van der Waals surface area contributed by atoms with Crippen molar-refractivity contribution in [1.29, 1.82) is 0 Å². The van der Waals surface area contributed by atoms with Gasteiger partial charge in [0.1, 0.15) is 6.61 Å². The molecule has 0 saturated heterocycles. The van der Waals surface area contributed by atoms with Crippen LogP contribution in [-0.4, -0.2) is 28.4 Å². The first-order valence-corrected chi connectivity index (χ1v) is 7.93. The number of hydrogen-bond donors (Lipinski definition) is 0. The molecule has 0 radical (unpaired) electrons. The lowest BCUT2D eigenvalue weighted by molar-refractivity contribution is -0.394. The molecule has 142 valence electrons. The van der Waals surface area contributed by atoms with E-state index in [-0.39, 0.29) is 37.4 Å². The Labute approximate surface area is 149 Å². The summed E-state index contributed by atoms with van der Waals surface area (Å²) in [6.45, 7) is 3.79. The largest absolute Gasteiger partial charge is 0.465 e. The molecule has 0 N–H and O–H groups in total. The lowest BCUT2D eigenvalue weighted by Crippen LogP contribution is -2.11. The first-order chi connectivity index (χ1) is 12.2. The summed E-state index contributed by atoms with van der Waals surface area (Å²) in [6, 6.07) is 3.03. The van der Waals surface area contributed by atoms with Gasteiger partial charge in [0.15, 0.2) is 0 Å².